The molecule has 0 aromatic rings. The smallest absolute Gasteiger partial charge is 0.316 e. The minimum Gasteiger partial charge on any atom is -0.316 e. The van der Waals surface area contributed by atoms with Crippen molar-refractivity contribution in [2.75, 3.05) is 32.7 Å². The van der Waals surface area contributed by atoms with E-state index in [1.807, 2.05) is 0 Å². The van der Waals surface area contributed by atoms with E-state index in [-0.39, 0.29) is 19.0 Å². The fourth-order valence-electron chi connectivity index (χ4n) is 4.83. The molecule has 3 rings (SSSR count). The van der Waals surface area contributed by atoms with Crippen molar-refractivity contribution in [3.63, 3.8) is 0 Å². The summed E-state index contributed by atoms with van der Waals surface area (Å²) >= 11 is 0. The van der Waals surface area contributed by atoms with Gasteiger partial charge in [-0.2, -0.15) is 17.5 Å². The Morgan fingerprint density at radius 1 is 1.04 bits per heavy atom. The van der Waals surface area contributed by atoms with Crippen LogP contribution in [0.15, 0.2) is 0 Å². The molecule has 0 aromatic carbocycles. The summed E-state index contributed by atoms with van der Waals surface area (Å²) in [5.41, 5.74) is -5.19. The molecule has 9 heteroatoms. The number of hydrogen-bond acceptors (Lipinski definition) is 4. The second kappa shape index (κ2) is 8.32. The molecule has 0 aromatic heterocycles. The average Bonchev–Trinajstić information content (AvgIpc) is 3.14. The Morgan fingerprint density at radius 2 is 1.69 bits per heavy atom. The van der Waals surface area contributed by atoms with Gasteiger partial charge in [-0.05, 0) is 56.7 Å². The lowest BCUT2D eigenvalue weighted by Crippen LogP contribution is -2.52. The molecule has 0 amide bonds. The minimum absolute atomic E-state index is 0.0353. The Kier molecular flexibility index (Phi) is 6.52. The van der Waals surface area contributed by atoms with Crippen molar-refractivity contribution in [3.8, 4) is 0 Å². The molecular formula is C17H30F3N3O2S. The summed E-state index contributed by atoms with van der Waals surface area (Å²) in [5.74, 6) is 1.66. The van der Waals surface area contributed by atoms with Crippen LogP contribution < -0.4 is 10.6 Å². The summed E-state index contributed by atoms with van der Waals surface area (Å²) in [5, 5.41) is 7.17. The molecular weight excluding hydrogens is 367 g/mol. The van der Waals surface area contributed by atoms with Crippen LogP contribution >= 0.6 is 0 Å². The first kappa shape index (κ1) is 20.4. The quantitative estimate of drug-likeness (QED) is 0.747. The number of alkyl halides is 3. The van der Waals surface area contributed by atoms with E-state index in [4.69, 9.17) is 0 Å². The van der Waals surface area contributed by atoms with E-state index in [1.165, 1.54) is 25.7 Å². The van der Waals surface area contributed by atoms with Crippen molar-refractivity contribution < 1.29 is 21.6 Å². The summed E-state index contributed by atoms with van der Waals surface area (Å²) < 4.78 is 61.5. The summed E-state index contributed by atoms with van der Waals surface area (Å²) in [6, 6.07) is 0.469. The molecule has 1 aliphatic carbocycles. The zero-order valence-electron chi connectivity index (χ0n) is 15.1. The second-order valence-electron chi connectivity index (χ2n) is 8.01. The van der Waals surface area contributed by atoms with E-state index in [9.17, 15) is 21.6 Å². The van der Waals surface area contributed by atoms with Crippen LogP contribution in [0.1, 0.15) is 44.9 Å². The number of nitrogens with one attached hydrogen (secondary N) is 2. The maximum absolute atomic E-state index is 12.6. The Morgan fingerprint density at radius 3 is 2.31 bits per heavy atom. The summed E-state index contributed by atoms with van der Waals surface area (Å²) in [4.78, 5) is 0. The van der Waals surface area contributed by atoms with Gasteiger partial charge in [0.2, 0.25) is 0 Å². The van der Waals surface area contributed by atoms with Gasteiger partial charge in [0.1, 0.15) is 0 Å². The predicted octanol–water partition coefficient (Wildman–Crippen LogP) is 2.31. The second-order valence-corrected chi connectivity index (χ2v) is 9.94. The molecule has 152 valence electrons. The molecule has 0 radical (unpaired) electrons. The van der Waals surface area contributed by atoms with Gasteiger partial charge in [0.25, 0.3) is 0 Å². The molecule has 3 aliphatic rings. The van der Waals surface area contributed by atoms with Gasteiger partial charge in [-0.3, -0.25) is 0 Å². The highest BCUT2D eigenvalue weighted by atomic mass is 32.2. The minimum atomic E-state index is -5.19. The van der Waals surface area contributed by atoms with Crippen LogP contribution in [0.4, 0.5) is 13.2 Å². The molecule has 2 aliphatic heterocycles. The number of nitrogens with zero attached hydrogens (tertiary/aromatic N) is 1. The van der Waals surface area contributed by atoms with Crippen molar-refractivity contribution in [1.82, 2.24) is 14.9 Å². The first-order chi connectivity index (χ1) is 12.3. The lowest BCUT2D eigenvalue weighted by atomic mass is 9.81. The fraction of sp³-hybridized carbons (Fsp3) is 1.00. The lowest BCUT2D eigenvalue weighted by Gasteiger charge is -2.38. The molecule has 2 saturated heterocycles. The van der Waals surface area contributed by atoms with Gasteiger partial charge in [0.05, 0.1) is 0 Å². The number of piperidine rings is 2. The van der Waals surface area contributed by atoms with E-state index in [2.05, 4.69) is 10.6 Å². The Labute approximate surface area is 154 Å². The Balaban J connectivity index is 1.47. The average molecular weight is 398 g/mol. The monoisotopic (exact) mass is 397 g/mol. The van der Waals surface area contributed by atoms with E-state index >= 15 is 0 Å². The Bertz CT molecular complexity index is 556. The highest BCUT2D eigenvalue weighted by Crippen LogP contribution is 2.35. The van der Waals surface area contributed by atoms with Crippen molar-refractivity contribution in [2.24, 2.45) is 17.8 Å². The van der Waals surface area contributed by atoms with E-state index in [1.54, 1.807) is 0 Å². The SMILES string of the molecule is O=S(=O)(N1CCC(CNC2CCNCC2C2CCCC2)CC1)C(F)(F)F. The van der Waals surface area contributed by atoms with Gasteiger partial charge in [-0.15, -0.1) is 0 Å². The zero-order chi connectivity index (χ0) is 18.8. The van der Waals surface area contributed by atoms with Crippen molar-refractivity contribution in [2.45, 2.75) is 56.5 Å². The van der Waals surface area contributed by atoms with Gasteiger partial charge in [-0.1, -0.05) is 25.7 Å². The summed E-state index contributed by atoms with van der Waals surface area (Å²) in [6.45, 7) is 2.75. The predicted molar refractivity (Wildman–Crippen MR) is 94.0 cm³/mol. The number of hydrogen-bond donors (Lipinski definition) is 2. The van der Waals surface area contributed by atoms with Crippen LogP contribution in [0.3, 0.4) is 0 Å². The van der Waals surface area contributed by atoms with Gasteiger partial charge in [0.15, 0.2) is 0 Å². The van der Waals surface area contributed by atoms with E-state index < -0.39 is 15.5 Å². The maximum Gasteiger partial charge on any atom is 0.511 e. The van der Waals surface area contributed by atoms with Crippen molar-refractivity contribution in [3.05, 3.63) is 0 Å². The largest absolute Gasteiger partial charge is 0.511 e. The van der Waals surface area contributed by atoms with Crippen LogP contribution in [0, 0.1) is 17.8 Å². The molecule has 2 heterocycles. The molecule has 2 N–H and O–H groups in total. The highest BCUT2D eigenvalue weighted by Gasteiger charge is 2.50. The van der Waals surface area contributed by atoms with Crippen LogP contribution in [0.2, 0.25) is 0 Å². The number of rotatable bonds is 5. The third-order valence-electron chi connectivity index (χ3n) is 6.41. The highest BCUT2D eigenvalue weighted by molar-refractivity contribution is 7.90. The Hall–Kier alpha value is -0.380. The fourth-order valence-corrected chi connectivity index (χ4v) is 5.82. The summed E-state index contributed by atoms with van der Waals surface area (Å²) in [6.07, 6.45) is 7.31. The number of halogens is 3. The van der Waals surface area contributed by atoms with Gasteiger partial charge >= 0.3 is 15.5 Å². The summed E-state index contributed by atoms with van der Waals surface area (Å²) in [7, 11) is -5.17. The van der Waals surface area contributed by atoms with Gasteiger partial charge < -0.3 is 10.6 Å². The molecule has 26 heavy (non-hydrogen) atoms. The third-order valence-corrected chi connectivity index (χ3v) is 8.04. The van der Waals surface area contributed by atoms with Gasteiger partial charge in [0, 0.05) is 19.1 Å². The molecule has 0 bridgehead atoms. The standard InChI is InChI=1S/C17H30F3N3O2S/c18-17(19,20)26(24,25)23-9-6-13(7-10-23)11-22-16-5-8-21-12-15(16)14-3-1-2-4-14/h13-16,21-22H,1-12H2. The third kappa shape index (κ3) is 4.54. The van der Waals surface area contributed by atoms with Crippen molar-refractivity contribution in [1.29, 1.82) is 0 Å². The lowest BCUT2D eigenvalue weighted by molar-refractivity contribution is -0.0496. The number of sulfonamides is 1. The zero-order valence-corrected chi connectivity index (χ0v) is 15.9. The van der Waals surface area contributed by atoms with Crippen LogP contribution in [0.25, 0.3) is 0 Å². The van der Waals surface area contributed by atoms with E-state index in [0.29, 0.717) is 29.1 Å². The van der Waals surface area contributed by atoms with Crippen LogP contribution in [-0.4, -0.2) is 57.0 Å². The molecule has 5 nitrogen and oxygen atoms in total. The van der Waals surface area contributed by atoms with Gasteiger partial charge in [-0.25, -0.2) is 8.42 Å². The van der Waals surface area contributed by atoms with Crippen LogP contribution in [-0.2, 0) is 10.0 Å². The topological polar surface area (TPSA) is 61.4 Å². The maximum atomic E-state index is 12.6. The molecule has 2 unspecified atom stereocenters. The van der Waals surface area contributed by atoms with E-state index in [0.717, 1.165) is 32.0 Å². The van der Waals surface area contributed by atoms with Crippen molar-refractivity contribution >= 4 is 10.0 Å². The normalized spacial score (nSPS) is 30.7. The first-order valence-electron chi connectivity index (χ1n) is 9.79. The first-order valence-corrected chi connectivity index (χ1v) is 11.2. The van der Waals surface area contributed by atoms with Crippen LogP contribution in [0.5, 0.6) is 0 Å². The molecule has 2 atom stereocenters. The molecule has 1 saturated carbocycles. The molecule has 3 fully saturated rings. The molecule has 0 spiro atoms.